The molecule has 3 nitrogen and oxygen atoms in total. The van der Waals surface area contributed by atoms with Crippen LogP contribution in [0.4, 0.5) is 0 Å². The maximum atomic E-state index is 9.64. The molecule has 0 aliphatic carbocycles. The van der Waals surface area contributed by atoms with E-state index >= 15 is 0 Å². The van der Waals surface area contributed by atoms with Crippen LogP contribution in [-0.4, -0.2) is 35.7 Å². The van der Waals surface area contributed by atoms with Gasteiger partial charge in [-0.2, -0.15) is 0 Å². The Labute approximate surface area is 103 Å². The maximum absolute atomic E-state index is 9.64. The normalized spacial score (nSPS) is 24.8. The molecule has 3 atom stereocenters. The fourth-order valence-electron chi connectivity index (χ4n) is 2.66. The van der Waals surface area contributed by atoms with E-state index < -0.39 is 0 Å². The molecule has 0 spiro atoms. The summed E-state index contributed by atoms with van der Waals surface area (Å²) >= 11 is 0. The average Bonchev–Trinajstić information content (AvgIpc) is 2.81. The Bertz CT molecular complexity index is 339. The van der Waals surface area contributed by atoms with Gasteiger partial charge < -0.3 is 10.8 Å². The van der Waals surface area contributed by atoms with Gasteiger partial charge in [-0.05, 0) is 31.4 Å². The van der Waals surface area contributed by atoms with E-state index in [4.69, 9.17) is 5.73 Å². The molecule has 0 radical (unpaired) electrons. The van der Waals surface area contributed by atoms with Crippen LogP contribution >= 0.6 is 0 Å². The van der Waals surface area contributed by atoms with Crippen LogP contribution in [-0.2, 0) is 0 Å². The van der Waals surface area contributed by atoms with Gasteiger partial charge in [0.15, 0.2) is 0 Å². The highest BCUT2D eigenvalue weighted by Crippen LogP contribution is 2.28. The molecule has 94 valence electrons. The Morgan fingerprint density at radius 2 is 2.12 bits per heavy atom. The zero-order valence-electron chi connectivity index (χ0n) is 10.4. The van der Waals surface area contributed by atoms with E-state index in [-0.39, 0.29) is 6.10 Å². The quantitative estimate of drug-likeness (QED) is 0.827. The number of benzene rings is 1. The van der Waals surface area contributed by atoms with E-state index in [1.807, 2.05) is 13.0 Å². The van der Waals surface area contributed by atoms with Crippen molar-refractivity contribution in [2.45, 2.75) is 25.5 Å². The van der Waals surface area contributed by atoms with Crippen molar-refractivity contribution in [1.29, 1.82) is 0 Å². The van der Waals surface area contributed by atoms with Gasteiger partial charge in [-0.15, -0.1) is 0 Å². The fourth-order valence-corrected chi connectivity index (χ4v) is 2.66. The highest BCUT2D eigenvalue weighted by molar-refractivity contribution is 5.19. The molecular weight excluding hydrogens is 212 g/mol. The summed E-state index contributed by atoms with van der Waals surface area (Å²) in [4.78, 5) is 2.40. The summed E-state index contributed by atoms with van der Waals surface area (Å²) in [6, 6.07) is 10.7. The fraction of sp³-hybridized carbons (Fsp3) is 0.571. The molecule has 0 aromatic heterocycles. The molecule has 3 heteroatoms. The lowest BCUT2D eigenvalue weighted by Crippen LogP contribution is -2.33. The number of rotatable bonds is 4. The molecule has 2 rings (SSSR count). The van der Waals surface area contributed by atoms with Gasteiger partial charge in [0.25, 0.3) is 0 Å². The van der Waals surface area contributed by atoms with Crippen LogP contribution in [0.3, 0.4) is 0 Å². The van der Waals surface area contributed by atoms with Gasteiger partial charge in [0.2, 0.25) is 0 Å². The number of aliphatic hydroxyl groups excluding tert-OH is 1. The smallest absolute Gasteiger partial charge is 0.0552 e. The molecule has 0 saturated carbocycles. The monoisotopic (exact) mass is 234 g/mol. The predicted octanol–water partition coefficient (Wildman–Crippen LogP) is 1.39. The van der Waals surface area contributed by atoms with Crippen molar-refractivity contribution in [3.63, 3.8) is 0 Å². The van der Waals surface area contributed by atoms with Crippen LogP contribution in [0, 0.1) is 5.92 Å². The zero-order chi connectivity index (χ0) is 12.3. The van der Waals surface area contributed by atoms with Gasteiger partial charge in [-0.1, -0.05) is 30.3 Å². The minimum atomic E-state index is -0.214. The van der Waals surface area contributed by atoms with E-state index in [0.717, 1.165) is 19.5 Å². The summed E-state index contributed by atoms with van der Waals surface area (Å²) < 4.78 is 0. The second-order valence-electron chi connectivity index (χ2n) is 4.95. The first-order valence-corrected chi connectivity index (χ1v) is 6.39. The van der Waals surface area contributed by atoms with Crippen molar-refractivity contribution >= 4 is 0 Å². The number of likely N-dealkylation sites (tertiary alicyclic amines) is 1. The number of nitrogens with two attached hydrogens (primary N) is 1. The van der Waals surface area contributed by atoms with Crippen molar-refractivity contribution in [1.82, 2.24) is 4.90 Å². The highest BCUT2D eigenvalue weighted by atomic mass is 16.3. The van der Waals surface area contributed by atoms with E-state index in [1.54, 1.807) is 0 Å². The average molecular weight is 234 g/mol. The first-order chi connectivity index (χ1) is 8.22. The van der Waals surface area contributed by atoms with E-state index in [2.05, 4.69) is 29.2 Å². The molecule has 1 saturated heterocycles. The van der Waals surface area contributed by atoms with Crippen LogP contribution < -0.4 is 5.73 Å². The molecule has 1 aliphatic heterocycles. The molecule has 17 heavy (non-hydrogen) atoms. The minimum absolute atomic E-state index is 0.214. The van der Waals surface area contributed by atoms with Crippen molar-refractivity contribution < 1.29 is 5.11 Å². The minimum Gasteiger partial charge on any atom is -0.393 e. The summed E-state index contributed by atoms with van der Waals surface area (Å²) in [5, 5.41) is 9.64. The summed E-state index contributed by atoms with van der Waals surface area (Å²) in [5.41, 5.74) is 7.18. The Hall–Kier alpha value is -0.900. The highest BCUT2D eigenvalue weighted by Gasteiger charge is 2.30. The molecule has 1 aromatic rings. The summed E-state index contributed by atoms with van der Waals surface area (Å²) in [5.74, 6) is 0.396. The Morgan fingerprint density at radius 1 is 1.41 bits per heavy atom. The Morgan fingerprint density at radius 3 is 2.65 bits per heavy atom. The van der Waals surface area contributed by atoms with E-state index in [0.29, 0.717) is 18.5 Å². The molecule has 3 N–H and O–H groups in total. The number of hydrogen-bond donors (Lipinski definition) is 2. The van der Waals surface area contributed by atoms with Crippen molar-refractivity contribution in [3.05, 3.63) is 35.9 Å². The molecular formula is C14H22N2O. The molecule has 1 aromatic carbocycles. The van der Waals surface area contributed by atoms with Gasteiger partial charge in [0.1, 0.15) is 0 Å². The topological polar surface area (TPSA) is 49.5 Å². The molecule has 1 fully saturated rings. The van der Waals surface area contributed by atoms with E-state index in [9.17, 15) is 5.11 Å². The molecule has 0 amide bonds. The predicted molar refractivity (Wildman–Crippen MR) is 69.6 cm³/mol. The van der Waals surface area contributed by atoms with Crippen LogP contribution in [0.2, 0.25) is 0 Å². The third-order valence-corrected chi connectivity index (χ3v) is 3.79. The number of hydrogen-bond acceptors (Lipinski definition) is 3. The second kappa shape index (κ2) is 5.63. The lowest BCUT2D eigenvalue weighted by Gasteiger charge is -2.27. The lowest BCUT2D eigenvalue weighted by atomic mass is 10.0. The van der Waals surface area contributed by atoms with Gasteiger partial charge in [0, 0.05) is 19.1 Å². The molecule has 3 unspecified atom stereocenters. The van der Waals surface area contributed by atoms with E-state index in [1.165, 1.54) is 5.56 Å². The van der Waals surface area contributed by atoms with Gasteiger partial charge in [0.05, 0.1) is 6.10 Å². The van der Waals surface area contributed by atoms with Crippen molar-refractivity contribution in [2.24, 2.45) is 11.7 Å². The summed E-state index contributed by atoms with van der Waals surface area (Å²) in [6.07, 6.45) is 0.857. The molecule has 0 bridgehead atoms. The Balaban J connectivity index is 2.06. The van der Waals surface area contributed by atoms with Crippen molar-refractivity contribution in [3.8, 4) is 0 Å². The van der Waals surface area contributed by atoms with Crippen LogP contribution in [0.25, 0.3) is 0 Å². The van der Waals surface area contributed by atoms with Crippen molar-refractivity contribution in [2.75, 3.05) is 19.6 Å². The number of aliphatic hydroxyl groups is 1. The first-order valence-electron chi connectivity index (χ1n) is 6.39. The van der Waals surface area contributed by atoms with Crippen LogP contribution in [0.1, 0.15) is 24.9 Å². The number of nitrogens with zero attached hydrogens (tertiary/aromatic N) is 1. The zero-order valence-corrected chi connectivity index (χ0v) is 10.4. The summed E-state index contributed by atoms with van der Waals surface area (Å²) in [6.45, 7) is 4.51. The molecule has 1 aliphatic rings. The lowest BCUT2D eigenvalue weighted by molar-refractivity contribution is 0.122. The van der Waals surface area contributed by atoms with Gasteiger partial charge >= 0.3 is 0 Å². The standard InChI is InChI=1S/C14H22N2O/c1-11(17)13-7-8-16(10-13)14(9-15)12-5-3-2-4-6-12/h2-6,11,13-14,17H,7-10,15H2,1H3. The largest absolute Gasteiger partial charge is 0.393 e. The third-order valence-electron chi connectivity index (χ3n) is 3.79. The Kier molecular flexibility index (Phi) is 4.15. The molecule has 1 heterocycles. The second-order valence-corrected chi connectivity index (χ2v) is 4.95. The van der Waals surface area contributed by atoms with Crippen LogP contribution in [0.15, 0.2) is 30.3 Å². The first kappa shape index (κ1) is 12.6. The third kappa shape index (κ3) is 2.86. The SMILES string of the molecule is CC(O)C1CCN(C(CN)c2ccccc2)C1. The summed E-state index contributed by atoms with van der Waals surface area (Å²) in [7, 11) is 0. The van der Waals surface area contributed by atoms with Gasteiger partial charge in [-0.3, -0.25) is 4.90 Å². The van der Waals surface area contributed by atoms with Gasteiger partial charge in [-0.25, -0.2) is 0 Å². The van der Waals surface area contributed by atoms with Crippen LogP contribution in [0.5, 0.6) is 0 Å². The maximum Gasteiger partial charge on any atom is 0.0552 e.